The van der Waals surface area contributed by atoms with E-state index in [2.05, 4.69) is 15.3 Å². The minimum atomic E-state index is 0. The molecule has 1 aromatic rings. The van der Waals surface area contributed by atoms with Crippen LogP contribution in [0.5, 0.6) is 0 Å². The van der Waals surface area contributed by atoms with Crippen molar-refractivity contribution in [3.63, 3.8) is 0 Å². The normalized spacial score (nSPS) is 11.3. The average Bonchev–Trinajstić information content (AvgIpc) is 2.09. The van der Waals surface area contributed by atoms with E-state index in [-0.39, 0.29) is 1.43 Å². The van der Waals surface area contributed by atoms with Gasteiger partial charge in [0.05, 0.1) is 0 Å². The van der Waals surface area contributed by atoms with Crippen molar-refractivity contribution in [1.82, 2.24) is 10.3 Å². The number of hydrogen-bond donors (Lipinski definition) is 1. The Hall–Kier alpha value is -1.38. The highest BCUT2D eigenvalue weighted by Gasteiger charge is 1.97. The molecule has 0 spiro atoms. The van der Waals surface area contributed by atoms with Crippen molar-refractivity contribution in [3.05, 3.63) is 30.1 Å². The van der Waals surface area contributed by atoms with Gasteiger partial charge < -0.3 is 5.32 Å². The molecule has 1 aromatic heterocycles. The van der Waals surface area contributed by atoms with Crippen LogP contribution in [-0.4, -0.2) is 24.9 Å². The van der Waals surface area contributed by atoms with E-state index >= 15 is 0 Å². The molecule has 0 unspecified atom stereocenters. The molecule has 0 aliphatic carbocycles. The van der Waals surface area contributed by atoms with E-state index in [0.29, 0.717) is 0 Å². The lowest BCUT2D eigenvalue weighted by Gasteiger charge is -2.01. The van der Waals surface area contributed by atoms with Crippen LogP contribution in [0, 0.1) is 0 Å². The molecule has 0 saturated carbocycles. The molecule has 0 aliphatic heterocycles. The van der Waals surface area contributed by atoms with Crippen LogP contribution in [0.15, 0.2) is 29.4 Å². The van der Waals surface area contributed by atoms with E-state index in [1.807, 2.05) is 25.2 Å². The molecule has 3 nitrogen and oxygen atoms in total. The molecule has 0 amide bonds. The Labute approximate surface area is 67.7 Å². The Morgan fingerprint density at radius 3 is 2.91 bits per heavy atom. The van der Waals surface area contributed by atoms with Gasteiger partial charge in [-0.25, -0.2) is 0 Å². The maximum absolute atomic E-state index is 4.13. The summed E-state index contributed by atoms with van der Waals surface area (Å²) >= 11 is 0. The summed E-state index contributed by atoms with van der Waals surface area (Å²) in [6.07, 6.45) is 1.75. The van der Waals surface area contributed by atoms with Crippen LogP contribution >= 0.6 is 0 Å². The molecule has 60 valence electrons. The second kappa shape index (κ2) is 3.71. The molecule has 11 heavy (non-hydrogen) atoms. The second-order valence-corrected chi connectivity index (χ2v) is 2.04. The van der Waals surface area contributed by atoms with Gasteiger partial charge in [0, 0.05) is 21.7 Å². The average molecular weight is 151 g/mol. The van der Waals surface area contributed by atoms with E-state index in [4.69, 9.17) is 0 Å². The molecule has 1 N–H and O–H groups in total. The van der Waals surface area contributed by atoms with E-state index in [1.165, 1.54) is 0 Å². The van der Waals surface area contributed by atoms with Crippen molar-refractivity contribution in [2.45, 2.75) is 0 Å². The maximum atomic E-state index is 4.13. The van der Waals surface area contributed by atoms with Gasteiger partial charge in [-0.1, -0.05) is 6.07 Å². The first kappa shape index (κ1) is 7.72. The first-order chi connectivity index (χ1) is 5.38. The predicted octanol–water partition coefficient (Wildman–Crippen LogP) is 0.923. The van der Waals surface area contributed by atoms with Gasteiger partial charge in [0.1, 0.15) is 11.5 Å². The van der Waals surface area contributed by atoms with Crippen molar-refractivity contribution in [3.8, 4) is 0 Å². The standard InChI is InChI=1S/C8H11N3.H2/c1-9-8(10-2)7-5-3-4-6-11-7;/h3-6H,1-2H3,(H,9,10);1H. The Kier molecular flexibility index (Phi) is 2.60. The number of aromatic nitrogens is 1. The Morgan fingerprint density at radius 1 is 1.64 bits per heavy atom. The molecular formula is C8H13N3. The quantitative estimate of drug-likeness (QED) is 0.478. The van der Waals surface area contributed by atoms with Gasteiger partial charge in [0.2, 0.25) is 0 Å². The maximum Gasteiger partial charge on any atom is 0.146 e. The zero-order chi connectivity index (χ0) is 8.10. The van der Waals surface area contributed by atoms with Crippen molar-refractivity contribution in [2.24, 2.45) is 4.99 Å². The summed E-state index contributed by atoms with van der Waals surface area (Å²) in [4.78, 5) is 8.15. The van der Waals surface area contributed by atoms with Crippen molar-refractivity contribution in [1.29, 1.82) is 0 Å². The number of rotatable bonds is 1. The number of nitrogens with zero attached hydrogens (tertiary/aromatic N) is 2. The fourth-order valence-corrected chi connectivity index (χ4v) is 0.857. The Balaban J connectivity index is 0.00000121. The number of aliphatic imine (C=N–C) groups is 1. The molecule has 3 heteroatoms. The fraction of sp³-hybridized carbons (Fsp3) is 0.250. The minimum Gasteiger partial charge on any atom is -0.372 e. The van der Waals surface area contributed by atoms with E-state index < -0.39 is 0 Å². The Bertz CT molecular complexity index is 246. The number of hydrogen-bond acceptors (Lipinski definition) is 2. The topological polar surface area (TPSA) is 37.3 Å². The van der Waals surface area contributed by atoms with Crippen molar-refractivity contribution >= 4 is 5.84 Å². The summed E-state index contributed by atoms with van der Waals surface area (Å²) < 4.78 is 0. The molecule has 1 heterocycles. The van der Waals surface area contributed by atoms with Crippen molar-refractivity contribution < 1.29 is 1.43 Å². The number of nitrogens with one attached hydrogen (secondary N) is 1. The third kappa shape index (κ3) is 1.77. The highest BCUT2D eigenvalue weighted by Crippen LogP contribution is 1.92. The van der Waals surface area contributed by atoms with Crippen LogP contribution in [0.25, 0.3) is 0 Å². The largest absolute Gasteiger partial charge is 0.372 e. The van der Waals surface area contributed by atoms with Gasteiger partial charge in [-0.15, -0.1) is 0 Å². The molecule has 1 rings (SSSR count). The van der Waals surface area contributed by atoms with Gasteiger partial charge in [-0.3, -0.25) is 9.98 Å². The van der Waals surface area contributed by atoms with E-state index in [0.717, 1.165) is 11.5 Å². The van der Waals surface area contributed by atoms with Crippen molar-refractivity contribution in [2.75, 3.05) is 14.1 Å². The molecule has 0 fully saturated rings. The molecule has 0 saturated heterocycles. The van der Waals surface area contributed by atoms with Crippen LogP contribution in [0.3, 0.4) is 0 Å². The molecule has 0 radical (unpaired) electrons. The van der Waals surface area contributed by atoms with Crippen LogP contribution in [0.2, 0.25) is 0 Å². The zero-order valence-electron chi connectivity index (χ0n) is 6.70. The van der Waals surface area contributed by atoms with Crippen LogP contribution in [0.1, 0.15) is 7.12 Å². The second-order valence-electron chi connectivity index (χ2n) is 2.04. The van der Waals surface area contributed by atoms with Gasteiger partial charge in [-0.2, -0.15) is 0 Å². The summed E-state index contributed by atoms with van der Waals surface area (Å²) in [5.41, 5.74) is 0.873. The number of pyridine rings is 1. The third-order valence-corrected chi connectivity index (χ3v) is 1.37. The van der Waals surface area contributed by atoms with Crippen LogP contribution in [0.4, 0.5) is 0 Å². The fourth-order valence-electron chi connectivity index (χ4n) is 0.857. The highest BCUT2D eigenvalue weighted by molar-refractivity contribution is 5.96. The zero-order valence-corrected chi connectivity index (χ0v) is 6.70. The van der Waals surface area contributed by atoms with E-state index in [9.17, 15) is 0 Å². The summed E-state index contributed by atoms with van der Waals surface area (Å²) in [5.74, 6) is 0.811. The lowest BCUT2D eigenvalue weighted by molar-refractivity contribution is 1.12. The monoisotopic (exact) mass is 151 g/mol. The Morgan fingerprint density at radius 2 is 2.45 bits per heavy atom. The lowest BCUT2D eigenvalue weighted by atomic mass is 10.3. The SMILES string of the molecule is CN=C(NC)c1ccccn1.[HH]. The molecular weight excluding hydrogens is 138 g/mol. The van der Waals surface area contributed by atoms with E-state index in [1.54, 1.807) is 13.2 Å². The molecule has 0 aromatic carbocycles. The third-order valence-electron chi connectivity index (χ3n) is 1.37. The lowest BCUT2D eigenvalue weighted by Crippen LogP contribution is -2.20. The smallest absolute Gasteiger partial charge is 0.146 e. The molecule has 0 bridgehead atoms. The first-order valence-corrected chi connectivity index (χ1v) is 3.44. The van der Waals surface area contributed by atoms with Crippen LogP contribution < -0.4 is 5.32 Å². The molecule has 0 aliphatic rings. The van der Waals surface area contributed by atoms with Crippen LogP contribution in [-0.2, 0) is 0 Å². The highest BCUT2D eigenvalue weighted by atomic mass is 15.0. The van der Waals surface area contributed by atoms with Gasteiger partial charge in [0.25, 0.3) is 0 Å². The predicted molar refractivity (Wildman–Crippen MR) is 47.9 cm³/mol. The summed E-state index contributed by atoms with van der Waals surface area (Å²) in [6.45, 7) is 0. The summed E-state index contributed by atoms with van der Waals surface area (Å²) in [7, 11) is 3.57. The minimum absolute atomic E-state index is 0. The summed E-state index contributed by atoms with van der Waals surface area (Å²) in [6, 6.07) is 5.73. The van der Waals surface area contributed by atoms with Gasteiger partial charge in [0.15, 0.2) is 0 Å². The number of amidine groups is 1. The van der Waals surface area contributed by atoms with Gasteiger partial charge >= 0.3 is 0 Å². The first-order valence-electron chi connectivity index (χ1n) is 3.44. The molecule has 0 atom stereocenters. The van der Waals surface area contributed by atoms with Gasteiger partial charge in [-0.05, 0) is 12.1 Å². The summed E-state index contributed by atoms with van der Waals surface area (Å²) in [5, 5.41) is 2.96.